The summed E-state index contributed by atoms with van der Waals surface area (Å²) in [4.78, 5) is 43.0. The fourth-order valence-corrected chi connectivity index (χ4v) is 5.67. The molecular weight excluding hydrogens is 470 g/mol. The van der Waals surface area contributed by atoms with Crippen molar-refractivity contribution in [2.75, 3.05) is 11.1 Å². The molecule has 0 spiro atoms. The molecule has 1 aliphatic carbocycles. The Morgan fingerprint density at radius 3 is 2.68 bits per heavy atom. The zero-order valence-electron chi connectivity index (χ0n) is 18.3. The highest BCUT2D eigenvalue weighted by molar-refractivity contribution is 7.99. The van der Waals surface area contributed by atoms with Crippen LogP contribution in [0.25, 0.3) is 15.9 Å². The highest BCUT2D eigenvalue weighted by atomic mass is 32.2. The van der Waals surface area contributed by atoms with Crippen LogP contribution in [0.5, 0.6) is 0 Å². The second-order valence-electron chi connectivity index (χ2n) is 8.19. The third-order valence-electron chi connectivity index (χ3n) is 5.73. The first-order chi connectivity index (χ1) is 16.4. The number of anilines is 1. The van der Waals surface area contributed by atoms with Crippen LogP contribution in [0.2, 0.25) is 0 Å². The van der Waals surface area contributed by atoms with Gasteiger partial charge < -0.3 is 10.4 Å². The number of hydrogen-bond donors (Lipinski definition) is 2. The maximum absolute atomic E-state index is 13.6. The Morgan fingerprint density at radius 2 is 1.97 bits per heavy atom. The van der Waals surface area contributed by atoms with E-state index in [1.807, 2.05) is 35.7 Å². The molecule has 0 radical (unpaired) electrons. The Hall–Kier alpha value is -3.43. The number of benzene rings is 2. The molecular formula is C25H21N3O4S2. The largest absolute Gasteiger partial charge is 0.478 e. The van der Waals surface area contributed by atoms with Gasteiger partial charge in [-0.25, -0.2) is 9.78 Å². The number of aryl methyl sites for hydroxylation is 1. The highest BCUT2D eigenvalue weighted by Crippen LogP contribution is 2.44. The Balaban J connectivity index is 1.46. The number of para-hydroxylation sites is 1. The molecule has 1 fully saturated rings. The number of aromatic nitrogens is 2. The van der Waals surface area contributed by atoms with Crippen molar-refractivity contribution in [3.05, 3.63) is 81.0 Å². The molecule has 7 nitrogen and oxygen atoms in total. The fourth-order valence-electron chi connectivity index (χ4n) is 3.80. The SMILES string of the molecule is Cc1ccc(C(=O)O)cc1NC(=O)CSc1nc2scc(C3CC3)c2c(=O)n1-c1ccccc1. The summed E-state index contributed by atoms with van der Waals surface area (Å²) >= 11 is 2.64. The molecule has 2 N–H and O–H groups in total. The Kier molecular flexibility index (Phi) is 5.97. The summed E-state index contributed by atoms with van der Waals surface area (Å²) < 4.78 is 1.58. The van der Waals surface area contributed by atoms with Crippen molar-refractivity contribution in [3.8, 4) is 5.69 Å². The number of hydrogen-bond acceptors (Lipinski definition) is 6. The monoisotopic (exact) mass is 491 g/mol. The van der Waals surface area contributed by atoms with Crippen LogP contribution < -0.4 is 10.9 Å². The predicted molar refractivity (Wildman–Crippen MR) is 135 cm³/mol. The average molecular weight is 492 g/mol. The van der Waals surface area contributed by atoms with Gasteiger partial charge in [-0.2, -0.15) is 0 Å². The fraction of sp³-hybridized carbons (Fsp3) is 0.200. The smallest absolute Gasteiger partial charge is 0.335 e. The maximum atomic E-state index is 13.6. The third-order valence-corrected chi connectivity index (χ3v) is 7.56. The lowest BCUT2D eigenvalue weighted by molar-refractivity contribution is -0.113. The van der Waals surface area contributed by atoms with E-state index in [9.17, 15) is 19.5 Å². The van der Waals surface area contributed by atoms with Crippen molar-refractivity contribution in [2.45, 2.75) is 30.8 Å². The predicted octanol–water partition coefficient (Wildman–Crippen LogP) is 5.06. The zero-order valence-corrected chi connectivity index (χ0v) is 19.9. The van der Waals surface area contributed by atoms with Crippen LogP contribution >= 0.6 is 23.1 Å². The Bertz CT molecular complexity index is 1470. The van der Waals surface area contributed by atoms with E-state index >= 15 is 0 Å². The van der Waals surface area contributed by atoms with E-state index in [1.165, 1.54) is 35.2 Å². The summed E-state index contributed by atoms with van der Waals surface area (Å²) in [5.74, 6) is -0.922. The van der Waals surface area contributed by atoms with E-state index < -0.39 is 5.97 Å². The topological polar surface area (TPSA) is 101 Å². The van der Waals surface area contributed by atoms with Gasteiger partial charge in [-0.1, -0.05) is 36.0 Å². The zero-order chi connectivity index (χ0) is 23.8. The van der Waals surface area contributed by atoms with Gasteiger partial charge >= 0.3 is 5.97 Å². The van der Waals surface area contributed by atoms with Crippen LogP contribution in [0.4, 0.5) is 5.69 Å². The minimum Gasteiger partial charge on any atom is -0.478 e. The van der Waals surface area contributed by atoms with Crippen molar-refractivity contribution in [1.29, 1.82) is 0 Å². The molecule has 0 atom stereocenters. The lowest BCUT2D eigenvalue weighted by atomic mass is 10.1. The summed E-state index contributed by atoms with van der Waals surface area (Å²) in [6, 6.07) is 13.9. The first kappa shape index (κ1) is 22.4. The highest BCUT2D eigenvalue weighted by Gasteiger charge is 2.29. The number of thioether (sulfide) groups is 1. The molecule has 2 aromatic carbocycles. The van der Waals surface area contributed by atoms with Gasteiger partial charge in [-0.05, 0) is 66.5 Å². The second-order valence-corrected chi connectivity index (χ2v) is 9.99. The molecule has 5 rings (SSSR count). The molecule has 2 aromatic heterocycles. The summed E-state index contributed by atoms with van der Waals surface area (Å²) in [6.07, 6.45) is 2.19. The van der Waals surface area contributed by atoms with Crippen LogP contribution in [0.1, 0.15) is 40.2 Å². The van der Waals surface area contributed by atoms with Crippen LogP contribution in [-0.2, 0) is 4.79 Å². The number of carboxylic acid groups (broad SMARTS) is 1. The molecule has 2 heterocycles. The molecule has 34 heavy (non-hydrogen) atoms. The molecule has 0 unspecified atom stereocenters. The Labute approximate surface area is 203 Å². The number of nitrogens with zero attached hydrogens (tertiary/aromatic N) is 2. The van der Waals surface area contributed by atoms with Gasteiger partial charge in [0.1, 0.15) is 4.83 Å². The number of thiophene rings is 1. The number of carbonyl (C=O) groups is 2. The van der Waals surface area contributed by atoms with Crippen LogP contribution in [0.3, 0.4) is 0 Å². The second kappa shape index (κ2) is 9.08. The third kappa shape index (κ3) is 4.36. The maximum Gasteiger partial charge on any atom is 0.335 e. The first-order valence-corrected chi connectivity index (χ1v) is 12.6. The number of carbonyl (C=O) groups excluding carboxylic acids is 1. The normalized spacial score (nSPS) is 13.2. The lowest BCUT2D eigenvalue weighted by Crippen LogP contribution is -2.23. The Morgan fingerprint density at radius 1 is 1.21 bits per heavy atom. The average Bonchev–Trinajstić information content (AvgIpc) is 3.58. The summed E-state index contributed by atoms with van der Waals surface area (Å²) in [5.41, 5.74) is 2.96. The van der Waals surface area contributed by atoms with E-state index in [4.69, 9.17) is 4.98 Å². The molecule has 9 heteroatoms. The van der Waals surface area contributed by atoms with Gasteiger partial charge in [0.15, 0.2) is 5.16 Å². The van der Waals surface area contributed by atoms with Crippen molar-refractivity contribution < 1.29 is 14.7 Å². The van der Waals surface area contributed by atoms with Gasteiger partial charge in [0.05, 0.1) is 22.4 Å². The first-order valence-electron chi connectivity index (χ1n) is 10.8. The van der Waals surface area contributed by atoms with Gasteiger partial charge in [-0.3, -0.25) is 14.2 Å². The molecule has 0 saturated heterocycles. The van der Waals surface area contributed by atoms with Crippen molar-refractivity contribution >= 4 is 50.9 Å². The minimum absolute atomic E-state index is 0.0162. The number of fused-ring (bicyclic) bond motifs is 1. The summed E-state index contributed by atoms with van der Waals surface area (Å²) in [6.45, 7) is 1.80. The summed E-state index contributed by atoms with van der Waals surface area (Å²) in [5, 5.41) is 15.1. The quantitative estimate of drug-likeness (QED) is 0.277. The van der Waals surface area contributed by atoms with E-state index in [-0.39, 0.29) is 22.8 Å². The van der Waals surface area contributed by atoms with Crippen molar-refractivity contribution in [3.63, 3.8) is 0 Å². The van der Waals surface area contributed by atoms with Crippen LogP contribution in [0, 0.1) is 6.92 Å². The minimum atomic E-state index is -1.06. The van der Waals surface area contributed by atoms with E-state index in [2.05, 4.69) is 5.32 Å². The number of amides is 1. The molecule has 172 valence electrons. The molecule has 0 aliphatic heterocycles. The molecule has 1 saturated carbocycles. The lowest BCUT2D eigenvalue weighted by Gasteiger charge is -2.13. The van der Waals surface area contributed by atoms with E-state index in [1.54, 1.807) is 17.6 Å². The van der Waals surface area contributed by atoms with E-state index in [0.29, 0.717) is 32.7 Å². The standard InChI is InChI=1S/C25H21N3O4S2/c1-14-7-8-16(24(31)32)11-19(14)26-20(29)13-34-25-27-22-21(18(12-33-22)15-9-10-15)23(30)28(25)17-5-3-2-4-6-17/h2-8,11-12,15H,9-10,13H2,1H3,(H,26,29)(H,31,32). The van der Waals surface area contributed by atoms with Gasteiger partial charge in [0, 0.05) is 5.69 Å². The number of aromatic carboxylic acids is 1. The van der Waals surface area contributed by atoms with Crippen molar-refractivity contribution in [2.24, 2.45) is 0 Å². The van der Waals surface area contributed by atoms with Crippen LogP contribution in [-0.4, -0.2) is 32.3 Å². The number of nitrogens with one attached hydrogen (secondary N) is 1. The summed E-state index contributed by atoms with van der Waals surface area (Å²) in [7, 11) is 0. The molecule has 1 aliphatic rings. The number of rotatable bonds is 7. The molecule has 4 aromatic rings. The van der Waals surface area contributed by atoms with Crippen LogP contribution in [0.15, 0.2) is 63.9 Å². The van der Waals surface area contributed by atoms with Gasteiger partial charge in [-0.15, -0.1) is 11.3 Å². The van der Waals surface area contributed by atoms with E-state index in [0.717, 1.165) is 24.0 Å². The molecule has 1 amide bonds. The number of carboxylic acids is 1. The van der Waals surface area contributed by atoms with Gasteiger partial charge in [0.2, 0.25) is 5.91 Å². The van der Waals surface area contributed by atoms with Gasteiger partial charge in [0.25, 0.3) is 5.56 Å². The molecule has 0 bridgehead atoms. The van der Waals surface area contributed by atoms with Crippen molar-refractivity contribution in [1.82, 2.24) is 9.55 Å².